The fraction of sp³-hybridized carbons (Fsp3) is 0. The van der Waals surface area contributed by atoms with Gasteiger partial charge in [-0.1, -0.05) is 84.9 Å². The molecule has 132 valence electrons. The van der Waals surface area contributed by atoms with Crippen molar-refractivity contribution < 1.29 is 4.42 Å². The van der Waals surface area contributed by atoms with Gasteiger partial charge in [-0.05, 0) is 34.9 Å². The fourth-order valence-electron chi connectivity index (χ4n) is 3.69. The van der Waals surface area contributed by atoms with Gasteiger partial charge in [-0.3, -0.25) is 0 Å². The second-order valence-electron chi connectivity index (χ2n) is 6.80. The van der Waals surface area contributed by atoms with E-state index in [9.17, 15) is 0 Å². The second-order valence-corrected chi connectivity index (χ2v) is 6.80. The highest BCUT2D eigenvalue weighted by molar-refractivity contribution is 6.06. The molecule has 0 saturated heterocycles. The summed E-state index contributed by atoms with van der Waals surface area (Å²) in [5.41, 5.74) is 6.56. The van der Waals surface area contributed by atoms with E-state index in [1.165, 1.54) is 22.3 Å². The lowest BCUT2D eigenvalue weighted by Gasteiger charge is -2.10. The molecule has 5 aromatic rings. The van der Waals surface area contributed by atoms with Crippen LogP contribution in [0.3, 0.4) is 0 Å². The minimum absolute atomic E-state index is 0.896. The van der Waals surface area contributed by atoms with Crippen LogP contribution in [0.25, 0.3) is 33.6 Å². The Balaban J connectivity index is 1.87. The molecule has 4 aromatic carbocycles. The highest BCUT2D eigenvalue weighted by Crippen LogP contribution is 2.33. The molecule has 0 N–H and O–H groups in total. The van der Waals surface area contributed by atoms with Crippen LogP contribution in [0.4, 0.5) is 0 Å². The second kappa shape index (κ2) is 7.13. The van der Waals surface area contributed by atoms with Gasteiger partial charge >= 0.3 is 11.2 Å². The Labute approximate surface area is 164 Å². The molecule has 0 bridgehead atoms. The average molecular weight is 359 g/mol. The van der Waals surface area contributed by atoms with Crippen LogP contribution in [0.2, 0.25) is 0 Å². The highest BCUT2D eigenvalue weighted by atomic mass is 16.3. The molecule has 0 radical (unpaired) electrons. The number of fused-ring (bicyclic) bond motifs is 2. The lowest BCUT2D eigenvalue weighted by molar-refractivity contribution is 0.660. The first-order valence-electron chi connectivity index (χ1n) is 9.46. The minimum Gasteiger partial charge on any atom is -0.207 e. The fourth-order valence-corrected chi connectivity index (χ4v) is 3.69. The van der Waals surface area contributed by atoms with Gasteiger partial charge in [-0.25, -0.2) is 4.42 Å². The zero-order valence-corrected chi connectivity index (χ0v) is 15.4. The Morgan fingerprint density at radius 2 is 0.929 bits per heavy atom. The number of para-hydroxylation sites is 2. The smallest absolute Gasteiger partial charge is 0.207 e. The molecule has 1 heteroatoms. The van der Waals surface area contributed by atoms with Crippen LogP contribution in [0.5, 0.6) is 0 Å². The molecule has 1 aromatic heterocycles. The first kappa shape index (κ1) is 16.5. The van der Waals surface area contributed by atoms with Gasteiger partial charge in [0.05, 0.1) is 10.8 Å². The van der Waals surface area contributed by atoms with Crippen molar-refractivity contribution in [1.29, 1.82) is 0 Å². The molecule has 0 aliphatic rings. The maximum Gasteiger partial charge on any atom is 0.361 e. The van der Waals surface area contributed by atoms with E-state index in [0.29, 0.717) is 0 Å². The van der Waals surface area contributed by atoms with Crippen LogP contribution in [-0.4, -0.2) is 0 Å². The summed E-state index contributed by atoms with van der Waals surface area (Å²) < 4.78 is 6.15. The van der Waals surface area contributed by atoms with Crippen molar-refractivity contribution in [3.05, 3.63) is 126 Å². The number of rotatable bonds is 3. The lowest BCUT2D eigenvalue weighted by atomic mass is 9.93. The maximum absolute atomic E-state index is 6.15. The van der Waals surface area contributed by atoms with Gasteiger partial charge in [0, 0.05) is 17.7 Å². The van der Waals surface area contributed by atoms with E-state index >= 15 is 0 Å². The Morgan fingerprint density at radius 1 is 0.500 bits per heavy atom. The van der Waals surface area contributed by atoms with Crippen LogP contribution in [0.1, 0.15) is 16.7 Å². The van der Waals surface area contributed by atoms with E-state index in [0.717, 1.165) is 21.9 Å². The number of hydrogen-bond donors (Lipinski definition) is 0. The predicted molar refractivity (Wildman–Crippen MR) is 118 cm³/mol. The monoisotopic (exact) mass is 359 g/mol. The van der Waals surface area contributed by atoms with Crippen molar-refractivity contribution in [2.24, 2.45) is 0 Å². The molecular formula is C27H19O+. The zero-order valence-electron chi connectivity index (χ0n) is 15.4. The first-order valence-corrected chi connectivity index (χ1v) is 9.46. The topological polar surface area (TPSA) is 11.3 Å². The van der Waals surface area contributed by atoms with Gasteiger partial charge in [0.2, 0.25) is 0 Å². The molecule has 1 nitrogen and oxygen atoms in total. The summed E-state index contributed by atoms with van der Waals surface area (Å²) in [6, 6.07) is 37.6. The summed E-state index contributed by atoms with van der Waals surface area (Å²) in [4.78, 5) is 0. The van der Waals surface area contributed by atoms with Gasteiger partial charge in [-0.2, -0.15) is 0 Å². The molecule has 28 heavy (non-hydrogen) atoms. The summed E-state index contributed by atoms with van der Waals surface area (Å²) in [7, 11) is 0. The third kappa shape index (κ3) is 2.97. The van der Waals surface area contributed by atoms with Gasteiger partial charge in [0.15, 0.2) is 0 Å². The third-order valence-corrected chi connectivity index (χ3v) is 5.03. The predicted octanol–water partition coefficient (Wildman–Crippen LogP) is 7.46. The Kier molecular flexibility index (Phi) is 4.19. The summed E-state index contributed by atoms with van der Waals surface area (Å²) in [6.45, 7) is 0. The number of hydrogen-bond acceptors (Lipinski definition) is 0. The van der Waals surface area contributed by atoms with Crippen molar-refractivity contribution in [2.45, 2.75) is 0 Å². The summed E-state index contributed by atoms with van der Waals surface area (Å²) in [6.07, 6.45) is 2.30. The van der Waals surface area contributed by atoms with E-state index in [4.69, 9.17) is 4.42 Å². The van der Waals surface area contributed by atoms with E-state index in [1.807, 2.05) is 24.3 Å². The highest BCUT2D eigenvalue weighted by Gasteiger charge is 2.17. The maximum atomic E-state index is 6.15. The SMILES string of the molecule is C(=C(c1ccccc1)c1ccccc1)c1c2ccccc2[o+]c2ccccc12. The number of benzene rings is 4. The average Bonchev–Trinajstić information content (AvgIpc) is 2.78. The quantitative estimate of drug-likeness (QED) is 0.240. The summed E-state index contributed by atoms with van der Waals surface area (Å²) in [5, 5.41) is 2.23. The summed E-state index contributed by atoms with van der Waals surface area (Å²) >= 11 is 0. The molecule has 0 amide bonds. The van der Waals surface area contributed by atoms with Gasteiger partial charge in [0.25, 0.3) is 0 Å². The van der Waals surface area contributed by atoms with E-state index in [-0.39, 0.29) is 0 Å². The Bertz CT molecular complexity index is 1190. The summed E-state index contributed by atoms with van der Waals surface area (Å²) in [5.74, 6) is 0. The van der Waals surface area contributed by atoms with Gasteiger partial charge < -0.3 is 0 Å². The van der Waals surface area contributed by atoms with Crippen LogP contribution >= 0.6 is 0 Å². The molecule has 0 aliphatic heterocycles. The lowest BCUT2D eigenvalue weighted by Crippen LogP contribution is -1.90. The van der Waals surface area contributed by atoms with Gasteiger partial charge in [-0.15, -0.1) is 0 Å². The Morgan fingerprint density at radius 3 is 1.43 bits per heavy atom. The normalized spacial score (nSPS) is 10.9. The van der Waals surface area contributed by atoms with Crippen molar-refractivity contribution in [3.63, 3.8) is 0 Å². The van der Waals surface area contributed by atoms with E-state index in [2.05, 4.69) is 91.0 Å². The molecule has 0 saturated carbocycles. The van der Waals surface area contributed by atoms with Crippen molar-refractivity contribution in [2.75, 3.05) is 0 Å². The minimum atomic E-state index is 0.896. The molecule has 0 fully saturated rings. The van der Waals surface area contributed by atoms with Crippen LogP contribution in [-0.2, 0) is 0 Å². The largest absolute Gasteiger partial charge is 0.361 e. The molecule has 0 spiro atoms. The Hall–Kier alpha value is -3.71. The van der Waals surface area contributed by atoms with E-state index in [1.54, 1.807) is 0 Å². The standard InChI is InChI=1S/C27H19O/c1-3-11-20(12-4-1)24(21-13-5-2-6-14-21)19-25-22-15-7-9-17-26(22)28-27-18-10-8-16-23(25)27/h1-19H/q+1. The van der Waals surface area contributed by atoms with Crippen LogP contribution < -0.4 is 0 Å². The molecular weight excluding hydrogens is 340 g/mol. The van der Waals surface area contributed by atoms with Crippen molar-refractivity contribution in [1.82, 2.24) is 0 Å². The molecule has 0 aliphatic carbocycles. The molecule has 1 heterocycles. The van der Waals surface area contributed by atoms with Gasteiger partial charge in [0.1, 0.15) is 0 Å². The molecule has 0 unspecified atom stereocenters. The van der Waals surface area contributed by atoms with Crippen LogP contribution in [0.15, 0.2) is 114 Å². The van der Waals surface area contributed by atoms with E-state index < -0.39 is 0 Å². The third-order valence-electron chi connectivity index (χ3n) is 5.03. The first-order chi connectivity index (χ1) is 13.9. The van der Waals surface area contributed by atoms with Crippen molar-refractivity contribution in [3.8, 4) is 0 Å². The van der Waals surface area contributed by atoms with Crippen molar-refractivity contribution >= 4 is 33.6 Å². The zero-order chi connectivity index (χ0) is 18.8. The molecule has 0 atom stereocenters. The molecule has 5 rings (SSSR count). The van der Waals surface area contributed by atoms with Crippen LogP contribution in [0, 0.1) is 0 Å².